The Balaban J connectivity index is 2.32. The lowest BCUT2D eigenvalue weighted by atomic mass is 9.94. The monoisotopic (exact) mass is 326 g/mol. The molecule has 0 bridgehead atoms. The van der Waals surface area contributed by atoms with E-state index in [1.807, 2.05) is 0 Å². The van der Waals surface area contributed by atoms with Crippen LogP contribution in [0.4, 0.5) is 0 Å². The molecule has 2 atom stereocenters. The van der Waals surface area contributed by atoms with E-state index in [2.05, 4.69) is 13.8 Å². The first kappa shape index (κ1) is 20.0. The molecule has 4 nitrogen and oxygen atoms in total. The van der Waals surface area contributed by atoms with Crippen LogP contribution in [0.15, 0.2) is 0 Å². The maximum absolute atomic E-state index is 12.0. The molecule has 0 radical (unpaired) electrons. The van der Waals surface area contributed by atoms with Crippen LogP contribution >= 0.6 is 0 Å². The molecule has 4 heteroatoms. The van der Waals surface area contributed by atoms with E-state index in [1.165, 1.54) is 0 Å². The van der Waals surface area contributed by atoms with Crippen LogP contribution in [0.1, 0.15) is 97.3 Å². The van der Waals surface area contributed by atoms with Crippen molar-refractivity contribution >= 4 is 11.9 Å². The van der Waals surface area contributed by atoms with Gasteiger partial charge in [-0.15, -0.1) is 0 Å². The minimum atomic E-state index is -0.238. The summed E-state index contributed by atoms with van der Waals surface area (Å²) in [6.45, 7) is 4.27. The Bertz CT molecular complexity index is 340. The molecule has 0 aromatic carbocycles. The summed E-state index contributed by atoms with van der Waals surface area (Å²) in [6, 6.07) is 0. The van der Waals surface area contributed by atoms with Gasteiger partial charge in [0.25, 0.3) is 0 Å². The van der Waals surface area contributed by atoms with Gasteiger partial charge in [0.05, 0.1) is 0 Å². The van der Waals surface area contributed by atoms with E-state index in [-0.39, 0.29) is 24.1 Å². The molecule has 23 heavy (non-hydrogen) atoms. The maximum Gasteiger partial charge on any atom is 0.306 e. The Morgan fingerprint density at radius 1 is 0.739 bits per heavy atom. The second kappa shape index (κ2) is 12.4. The minimum absolute atomic E-state index is 0.139. The van der Waals surface area contributed by atoms with Crippen molar-refractivity contribution in [2.24, 2.45) is 0 Å². The van der Waals surface area contributed by atoms with Crippen molar-refractivity contribution in [3.63, 3.8) is 0 Å². The molecular formula is C19H34O4. The Morgan fingerprint density at radius 2 is 1.17 bits per heavy atom. The van der Waals surface area contributed by atoms with Crippen LogP contribution in [0.5, 0.6) is 0 Å². The first-order valence-electron chi connectivity index (χ1n) is 9.56. The van der Waals surface area contributed by atoms with Crippen molar-refractivity contribution in [1.82, 2.24) is 0 Å². The van der Waals surface area contributed by atoms with E-state index in [1.54, 1.807) is 0 Å². The standard InChI is InChI=1S/C19H34O4/c1-3-5-7-9-15-19(21)23-17-13-11-10-12-16(17)22-18(20)14-8-6-4-2/h16-17H,3-15H2,1-2H3. The molecule has 0 aromatic heterocycles. The molecule has 0 amide bonds. The summed E-state index contributed by atoms with van der Waals surface area (Å²) in [6.07, 6.45) is 11.5. The minimum Gasteiger partial charge on any atom is -0.458 e. The van der Waals surface area contributed by atoms with Gasteiger partial charge in [-0.3, -0.25) is 9.59 Å². The molecule has 0 N–H and O–H groups in total. The molecule has 0 aliphatic heterocycles. The number of carbonyl (C=O) groups is 2. The fraction of sp³-hybridized carbons (Fsp3) is 0.895. The SMILES string of the molecule is CCCCCCC(=O)OC1CCCCC1OC(=O)CCCCC. The maximum atomic E-state index is 12.0. The zero-order valence-corrected chi connectivity index (χ0v) is 15.0. The summed E-state index contributed by atoms with van der Waals surface area (Å²) in [5.41, 5.74) is 0. The van der Waals surface area contributed by atoms with E-state index in [0.29, 0.717) is 12.8 Å². The van der Waals surface area contributed by atoms with Gasteiger partial charge >= 0.3 is 11.9 Å². The average Bonchev–Trinajstić information content (AvgIpc) is 2.54. The summed E-state index contributed by atoms with van der Waals surface area (Å²) in [4.78, 5) is 23.9. The van der Waals surface area contributed by atoms with E-state index >= 15 is 0 Å². The van der Waals surface area contributed by atoms with Crippen molar-refractivity contribution < 1.29 is 19.1 Å². The van der Waals surface area contributed by atoms with Gasteiger partial charge in [-0.25, -0.2) is 0 Å². The number of hydrogen-bond acceptors (Lipinski definition) is 4. The van der Waals surface area contributed by atoms with Crippen molar-refractivity contribution in [2.45, 2.75) is 110 Å². The molecule has 0 spiro atoms. The van der Waals surface area contributed by atoms with Gasteiger partial charge in [0, 0.05) is 12.8 Å². The molecule has 1 fully saturated rings. The van der Waals surface area contributed by atoms with Gasteiger partial charge in [0.15, 0.2) is 0 Å². The van der Waals surface area contributed by atoms with E-state index in [4.69, 9.17) is 9.47 Å². The highest BCUT2D eigenvalue weighted by atomic mass is 16.6. The molecule has 134 valence electrons. The first-order valence-corrected chi connectivity index (χ1v) is 9.56. The first-order chi connectivity index (χ1) is 11.2. The van der Waals surface area contributed by atoms with Crippen LogP contribution in [-0.4, -0.2) is 24.1 Å². The Morgan fingerprint density at radius 3 is 1.65 bits per heavy atom. The normalized spacial score (nSPS) is 21.0. The van der Waals surface area contributed by atoms with Crippen molar-refractivity contribution in [1.29, 1.82) is 0 Å². The van der Waals surface area contributed by atoms with Crippen LogP contribution in [-0.2, 0) is 19.1 Å². The summed E-state index contributed by atoms with van der Waals surface area (Å²) < 4.78 is 11.2. The molecule has 0 saturated heterocycles. The Hall–Kier alpha value is -1.06. The van der Waals surface area contributed by atoms with Crippen LogP contribution in [0.3, 0.4) is 0 Å². The quantitative estimate of drug-likeness (QED) is 0.399. The number of carbonyl (C=O) groups excluding carboxylic acids is 2. The van der Waals surface area contributed by atoms with Crippen molar-refractivity contribution in [3.8, 4) is 0 Å². The van der Waals surface area contributed by atoms with Gasteiger partial charge < -0.3 is 9.47 Å². The number of ether oxygens (including phenoxy) is 2. The van der Waals surface area contributed by atoms with Gasteiger partial charge in [-0.1, -0.05) is 46.0 Å². The molecule has 1 aliphatic rings. The van der Waals surface area contributed by atoms with Gasteiger partial charge in [-0.2, -0.15) is 0 Å². The van der Waals surface area contributed by atoms with Gasteiger partial charge in [0.1, 0.15) is 12.2 Å². The highest BCUT2D eigenvalue weighted by molar-refractivity contribution is 5.70. The van der Waals surface area contributed by atoms with Crippen LogP contribution in [0.2, 0.25) is 0 Å². The largest absolute Gasteiger partial charge is 0.458 e. The predicted molar refractivity (Wildman–Crippen MR) is 91.1 cm³/mol. The van der Waals surface area contributed by atoms with E-state index < -0.39 is 0 Å². The summed E-state index contributed by atoms with van der Waals surface area (Å²) in [5.74, 6) is -0.283. The smallest absolute Gasteiger partial charge is 0.306 e. The molecule has 0 aromatic rings. The number of hydrogen-bond donors (Lipinski definition) is 0. The lowest BCUT2D eigenvalue weighted by Crippen LogP contribution is -2.37. The van der Waals surface area contributed by atoms with Crippen LogP contribution in [0.25, 0.3) is 0 Å². The molecule has 2 unspecified atom stereocenters. The molecule has 1 rings (SSSR count). The van der Waals surface area contributed by atoms with E-state index in [0.717, 1.165) is 70.6 Å². The number of esters is 2. The third-order valence-electron chi connectivity index (χ3n) is 4.43. The van der Waals surface area contributed by atoms with Crippen LogP contribution in [0, 0.1) is 0 Å². The summed E-state index contributed by atoms with van der Waals surface area (Å²) in [5, 5.41) is 0. The summed E-state index contributed by atoms with van der Waals surface area (Å²) in [7, 11) is 0. The van der Waals surface area contributed by atoms with Gasteiger partial charge in [0.2, 0.25) is 0 Å². The lowest BCUT2D eigenvalue weighted by Gasteiger charge is -2.30. The zero-order chi connectivity index (χ0) is 16.9. The predicted octanol–water partition coefficient (Wildman–Crippen LogP) is 4.93. The van der Waals surface area contributed by atoms with Gasteiger partial charge in [-0.05, 0) is 38.5 Å². The van der Waals surface area contributed by atoms with Crippen molar-refractivity contribution in [2.75, 3.05) is 0 Å². The molecule has 1 saturated carbocycles. The number of unbranched alkanes of at least 4 members (excludes halogenated alkanes) is 5. The molecular weight excluding hydrogens is 292 g/mol. The molecule has 1 aliphatic carbocycles. The summed E-state index contributed by atoms with van der Waals surface area (Å²) >= 11 is 0. The highest BCUT2D eigenvalue weighted by Crippen LogP contribution is 2.25. The zero-order valence-electron chi connectivity index (χ0n) is 15.0. The van der Waals surface area contributed by atoms with Crippen molar-refractivity contribution in [3.05, 3.63) is 0 Å². The fourth-order valence-corrected chi connectivity index (χ4v) is 3.00. The fourth-order valence-electron chi connectivity index (χ4n) is 3.00. The Labute approximate surface area is 141 Å². The number of rotatable bonds is 11. The lowest BCUT2D eigenvalue weighted by molar-refractivity contribution is -0.171. The van der Waals surface area contributed by atoms with E-state index in [9.17, 15) is 9.59 Å². The Kier molecular flexibility index (Phi) is 10.8. The second-order valence-electron chi connectivity index (χ2n) is 6.61. The highest BCUT2D eigenvalue weighted by Gasteiger charge is 2.31. The average molecular weight is 326 g/mol. The van der Waals surface area contributed by atoms with Crippen LogP contribution < -0.4 is 0 Å². The topological polar surface area (TPSA) is 52.6 Å². The third-order valence-corrected chi connectivity index (χ3v) is 4.43. The second-order valence-corrected chi connectivity index (χ2v) is 6.61. The third kappa shape index (κ3) is 8.97. The molecule has 0 heterocycles.